The molecule has 100 valence electrons. The van der Waals surface area contributed by atoms with E-state index in [0.29, 0.717) is 6.04 Å². The van der Waals surface area contributed by atoms with E-state index in [9.17, 15) is 0 Å². The van der Waals surface area contributed by atoms with Crippen LogP contribution in [0.15, 0.2) is 30.6 Å². The van der Waals surface area contributed by atoms with Crippen LogP contribution in [0.1, 0.15) is 29.9 Å². The first-order chi connectivity index (χ1) is 9.28. The molecular formula is C15H19N3O. The van der Waals surface area contributed by atoms with Crippen LogP contribution in [0.4, 0.5) is 0 Å². The summed E-state index contributed by atoms with van der Waals surface area (Å²) in [6.07, 6.45) is 3.00. The maximum atomic E-state index is 5.27. The number of hydrogen-bond acceptors (Lipinski definition) is 3. The molecule has 1 N–H and O–H groups in total. The molecule has 2 aromatic rings. The molecule has 0 saturated carbocycles. The van der Waals surface area contributed by atoms with Gasteiger partial charge in [-0.15, -0.1) is 0 Å². The molecule has 1 aliphatic heterocycles. The number of imidazole rings is 1. The second kappa shape index (κ2) is 5.05. The van der Waals surface area contributed by atoms with Gasteiger partial charge in [0.25, 0.3) is 0 Å². The van der Waals surface area contributed by atoms with Gasteiger partial charge in [0.15, 0.2) is 0 Å². The Morgan fingerprint density at radius 1 is 1.47 bits per heavy atom. The highest BCUT2D eigenvalue weighted by Crippen LogP contribution is 2.22. The number of fused-ring (bicyclic) bond motifs is 1. The summed E-state index contributed by atoms with van der Waals surface area (Å²) in [5, 5.41) is 3.44. The first kappa shape index (κ1) is 12.2. The predicted octanol–water partition coefficient (Wildman–Crippen LogP) is 2.15. The zero-order valence-electron chi connectivity index (χ0n) is 11.4. The van der Waals surface area contributed by atoms with Gasteiger partial charge in [0, 0.05) is 31.2 Å². The summed E-state index contributed by atoms with van der Waals surface area (Å²) >= 11 is 0. The zero-order chi connectivity index (χ0) is 13.2. The number of methoxy groups -OCH3 is 1. The lowest BCUT2D eigenvalue weighted by atomic mass is 10.1. The summed E-state index contributed by atoms with van der Waals surface area (Å²) in [6, 6.07) is 8.56. The number of aromatic nitrogens is 2. The Bertz CT molecular complexity index is 577. The van der Waals surface area contributed by atoms with Crippen LogP contribution < -0.4 is 10.1 Å². The summed E-state index contributed by atoms with van der Waals surface area (Å²) in [4.78, 5) is 4.55. The smallest absolute Gasteiger partial charge is 0.119 e. The van der Waals surface area contributed by atoms with Crippen molar-refractivity contribution in [1.29, 1.82) is 0 Å². The molecule has 19 heavy (non-hydrogen) atoms. The average molecular weight is 257 g/mol. The van der Waals surface area contributed by atoms with Crippen molar-refractivity contribution in [3.63, 3.8) is 0 Å². The second-order valence-corrected chi connectivity index (χ2v) is 4.98. The van der Waals surface area contributed by atoms with Gasteiger partial charge in [-0.3, -0.25) is 0 Å². The van der Waals surface area contributed by atoms with Crippen molar-refractivity contribution in [2.75, 3.05) is 13.7 Å². The van der Waals surface area contributed by atoms with Crippen LogP contribution in [0.3, 0.4) is 0 Å². The molecule has 1 aromatic heterocycles. The summed E-state index contributed by atoms with van der Waals surface area (Å²) in [5.41, 5.74) is 3.79. The third kappa shape index (κ3) is 2.36. The number of nitrogens with one attached hydrogen (secondary N) is 1. The standard InChI is InChI=1S/C15H19N3O/c1-11-15-14(6-7-16-11)18(10-17-15)9-12-4-3-5-13(8-12)19-2/h3-5,8,10-11,16H,6-7,9H2,1-2H3. The molecule has 0 spiro atoms. The van der Waals surface area contributed by atoms with Crippen LogP contribution in [0.5, 0.6) is 5.75 Å². The molecule has 2 heterocycles. The van der Waals surface area contributed by atoms with E-state index in [4.69, 9.17) is 4.74 Å². The minimum absolute atomic E-state index is 0.357. The number of benzene rings is 1. The SMILES string of the molecule is COc1cccc(Cn2cnc3c2CCNC3C)c1. The topological polar surface area (TPSA) is 39.1 Å². The van der Waals surface area contributed by atoms with Crippen molar-refractivity contribution in [3.8, 4) is 5.75 Å². The van der Waals surface area contributed by atoms with E-state index in [2.05, 4.69) is 33.9 Å². The fraction of sp³-hybridized carbons (Fsp3) is 0.400. The molecule has 0 amide bonds. The molecular weight excluding hydrogens is 238 g/mol. The summed E-state index contributed by atoms with van der Waals surface area (Å²) in [5.74, 6) is 0.904. The van der Waals surface area contributed by atoms with Gasteiger partial charge >= 0.3 is 0 Å². The lowest BCUT2D eigenvalue weighted by molar-refractivity contribution is 0.414. The lowest BCUT2D eigenvalue weighted by Crippen LogP contribution is -2.29. The predicted molar refractivity (Wildman–Crippen MR) is 74.4 cm³/mol. The summed E-state index contributed by atoms with van der Waals surface area (Å²) in [6.45, 7) is 4.05. The largest absolute Gasteiger partial charge is 0.497 e. The number of hydrogen-bond donors (Lipinski definition) is 1. The van der Waals surface area contributed by atoms with Crippen LogP contribution in [-0.2, 0) is 13.0 Å². The third-order valence-corrected chi connectivity index (χ3v) is 3.69. The van der Waals surface area contributed by atoms with Crippen LogP contribution in [-0.4, -0.2) is 23.2 Å². The lowest BCUT2D eigenvalue weighted by Gasteiger charge is -2.21. The Morgan fingerprint density at radius 2 is 2.37 bits per heavy atom. The summed E-state index contributed by atoms with van der Waals surface area (Å²) < 4.78 is 7.52. The van der Waals surface area contributed by atoms with Gasteiger partial charge in [-0.05, 0) is 24.6 Å². The van der Waals surface area contributed by atoms with Crippen LogP contribution in [0, 0.1) is 0 Å². The first-order valence-electron chi connectivity index (χ1n) is 6.68. The Balaban J connectivity index is 1.87. The number of rotatable bonds is 3. The quantitative estimate of drug-likeness (QED) is 0.915. The molecule has 1 aliphatic rings. The Kier molecular flexibility index (Phi) is 3.25. The molecule has 0 aliphatic carbocycles. The number of nitrogens with zero attached hydrogens (tertiary/aromatic N) is 2. The van der Waals surface area contributed by atoms with Crippen molar-refractivity contribution in [1.82, 2.24) is 14.9 Å². The van der Waals surface area contributed by atoms with Gasteiger partial charge in [-0.1, -0.05) is 12.1 Å². The molecule has 3 rings (SSSR count). The van der Waals surface area contributed by atoms with Crippen LogP contribution in [0.25, 0.3) is 0 Å². The average Bonchev–Trinajstić information content (AvgIpc) is 2.84. The third-order valence-electron chi connectivity index (χ3n) is 3.69. The van der Waals surface area contributed by atoms with Crippen LogP contribution in [0.2, 0.25) is 0 Å². The normalized spacial score (nSPS) is 18.1. The Morgan fingerprint density at radius 3 is 3.21 bits per heavy atom. The van der Waals surface area contributed by atoms with Gasteiger partial charge in [-0.2, -0.15) is 0 Å². The minimum atomic E-state index is 0.357. The van der Waals surface area contributed by atoms with Crippen molar-refractivity contribution in [2.24, 2.45) is 0 Å². The van der Waals surface area contributed by atoms with E-state index in [1.807, 2.05) is 18.5 Å². The molecule has 0 fully saturated rings. The van der Waals surface area contributed by atoms with E-state index in [1.165, 1.54) is 17.0 Å². The molecule has 0 saturated heterocycles. The van der Waals surface area contributed by atoms with E-state index >= 15 is 0 Å². The summed E-state index contributed by atoms with van der Waals surface area (Å²) in [7, 11) is 1.70. The molecule has 0 radical (unpaired) electrons. The molecule has 1 atom stereocenters. The highest BCUT2D eigenvalue weighted by atomic mass is 16.5. The van der Waals surface area contributed by atoms with Gasteiger partial charge in [0.1, 0.15) is 5.75 Å². The van der Waals surface area contributed by atoms with E-state index in [-0.39, 0.29) is 0 Å². The maximum absolute atomic E-state index is 5.27. The minimum Gasteiger partial charge on any atom is -0.497 e. The van der Waals surface area contributed by atoms with E-state index in [0.717, 1.165) is 25.3 Å². The van der Waals surface area contributed by atoms with Gasteiger partial charge in [0.2, 0.25) is 0 Å². The highest BCUT2D eigenvalue weighted by Gasteiger charge is 2.20. The zero-order valence-corrected chi connectivity index (χ0v) is 11.4. The fourth-order valence-corrected chi connectivity index (χ4v) is 2.66. The number of ether oxygens (including phenoxy) is 1. The monoisotopic (exact) mass is 257 g/mol. The molecule has 1 aromatic carbocycles. The first-order valence-corrected chi connectivity index (χ1v) is 6.68. The molecule has 4 nitrogen and oxygen atoms in total. The van der Waals surface area contributed by atoms with E-state index in [1.54, 1.807) is 7.11 Å². The van der Waals surface area contributed by atoms with Crippen LogP contribution >= 0.6 is 0 Å². The maximum Gasteiger partial charge on any atom is 0.119 e. The van der Waals surface area contributed by atoms with E-state index < -0.39 is 0 Å². The molecule has 4 heteroatoms. The Hall–Kier alpha value is -1.81. The molecule has 0 bridgehead atoms. The molecule has 1 unspecified atom stereocenters. The van der Waals surface area contributed by atoms with Gasteiger partial charge in [0.05, 0.1) is 19.1 Å². The van der Waals surface area contributed by atoms with Crippen molar-refractivity contribution >= 4 is 0 Å². The Labute approximate surface area is 113 Å². The second-order valence-electron chi connectivity index (χ2n) is 4.98. The fourth-order valence-electron chi connectivity index (χ4n) is 2.66. The highest BCUT2D eigenvalue weighted by molar-refractivity contribution is 5.29. The van der Waals surface area contributed by atoms with Crippen molar-refractivity contribution < 1.29 is 4.74 Å². The van der Waals surface area contributed by atoms with Crippen molar-refractivity contribution in [2.45, 2.75) is 25.9 Å². The van der Waals surface area contributed by atoms with Gasteiger partial charge in [-0.25, -0.2) is 4.98 Å². The van der Waals surface area contributed by atoms with Crippen molar-refractivity contribution in [3.05, 3.63) is 47.5 Å². The van der Waals surface area contributed by atoms with Gasteiger partial charge < -0.3 is 14.6 Å².